The van der Waals surface area contributed by atoms with Gasteiger partial charge >= 0.3 is 5.27 Å². The van der Waals surface area contributed by atoms with Gasteiger partial charge in [-0.15, -0.1) is 22.4 Å². The van der Waals surface area contributed by atoms with Crippen molar-refractivity contribution < 1.29 is 4.79 Å². The van der Waals surface area contributed by atoms with Crippen molar-refractivity contribution in [2.45, 2.75) is 26.7 Å². The van der Waals surface area contributed by atoms with E-state index in [1.54, 1.807) is 0 Å². The summed E-state index contributed by atoms with van der Waals surface area (Å²) in [6.45, 7) is 4.40. The molecule has 0 bridgehead atoms. The molecular weight excluding hydrogens is 288 g/mol. The number of hydrogen-bond acceptors (Lipinski definition) is 1. The lowest BCUT2D eigenvalue weighted by molar-refractivity contribution is -0.120. The molecule has 0 aromatic heterocycles. The van der Waals surface area contributed by atoms with E-state index in [2.05, 4.69) is 53.6 Å². The second-order valence-corrected chi connectivity index (χ2v) is 4.94. The van der Waals surface area contributed by atoms with Crippen LogP contribution in [0.5, 0.6) is 0 Å². The average Bonchev–Trinajstić information content (AvgIpc) is 2.52. The molecule has 3 unspecified atom stereocenters. The highest BCUT2D eigenvalue weighted by Crippen LogP contribution is 2.30. The van der Waals surface area contributed by atoms with E-state index >= 15 is 0 Å². The van der Waals surface area contributed by atoms with E-state index in [-0.39, 0.29) is 5.91 Å². The second-order valence-electron chi connectivity index (χ2n) is 4.18. The fraction of sp³-hybridized carbons (Fsp3) is 0.700. The summed E-state index contributed by atoms with van der Waals surface area (Å²) in [6, 6.07) is 0. The molecule has 0 radical (unpaired) electrons. The summed E-state index contributed by atoms with van der Waals surface area (Å²) in [5.74, 6) is 1.94. The van der Waals surface area contributed by atoms with Crippen LogP contribution >= 0.6 is 22.4 Å². The number of rotatable bonds is 4. The highest BCUT2D eigenvalue weighted by molar-refractivity contribution is 14.1. The van der Waals surface area contributed by atoms with E-state index in [4.69, 9.17) is 0 Å². The maximum absolute atomic E-state index is 11.4. The normalized spacial score (nSPS) is 27.4. The van der Waals surface area contributed by atoms with Gasteiger partial charge in [-0.05, 0) is 24.2 Å². The van der Waals surface area contributed by atoms with Crippen LogP contribution in [-0.4, -0.2) is 11.2 Å². The first-order valence-corrected chi connectivity index (χ1v) is 6.67. The van der Waals surface area contributed by atoms with Crippen molar-refractivity contribution >= 4 is 33.6 Å². The molecule has 0 saturated heterocycles. The largest absolute Gasteiger partial charge is 0.393 e. The number of carbonyl (C=O) groups is 1. The number of hydrogen-bond donors (Lipinski definition) is 1. The number of allylic oxidation sites excluding steroid dienone is 2. The number of halogens is 1. The van der Waals surface area contributed by atoms with Crippen LogP contribution in [0.25, 0.3) is 0 Å². The molecule has 14 heavy (non-hydrogen) atoms. The van der Waals surface area contributed by atoms with Crippen LogP contribution in [-0.2, 0) is 4.79 Å². The molecular formula is C10H17BINO. The molecule has 0 aliphatic heterocycles. The summed E-state index contributed by atoms with van der Waals surface area (Å²) in [7, 11) is 0. The Morgan fingerprint density at radius 2 is 2.43 bits per heavy atom. The van der Waals surface area contributed by atoms with Crippen LogP contribution in [0.1, 0.15) is 26.7 Å². The van der Waals surface area contributed by atoms with E-state index in [9.17, 15) is 4.79 Å². The Bertz CT molecular complexity index is 232. The molecule has 1 N–H and O–H groups in total. The van der Waals surface area contributed by atoms with E-state index < -0.39 is 0 Å². The van der Waals surface area contributed by atoms with Crippen LogP contribution in [0.3, 0.4) is 0 Å². The Morgan fingerprint density at radius 1 is 1.71 bits per heavy atom. The van der Waals surface area contributed by atoms with Crippen molar-refractivity contribution in [2.75, 3.05) is 0 Å². The molecule has 1 aliphatic rings. The Labute approximate surface area is 100 Å². The summed E-state index contributed by atoms with van der Waals surface area (Å²) >= 11 is 2.16. The van der Waals surface area contributed by atoms with Gasteiger partial charge in [0.2, 0.25) is 5.91 Å². The maximum atomic E-state index is 11.4. The Morgan fingerprint density at radius 3 is 2.93 bits per heavy atom. The van der Waals surface area contributed by atoms with E-state index in [0.29, 0.717) is 29.4 Å². The predicted octanol–water partition coefficient (Wildman–Crippen LogP) is 2.04. The standard InChI is InChI=1S/C10H17BINO/c1-7-3-4-9(5-7)8(2)6-10(14)13-11-12/h3-4,7-9,11H,5-6H2,1-2H3,(H,13,14). The Kier molecular flexibility index (Phi) is 4.99. The van der Waals surface area contributed by atoms with E-state index in [1.165, 1.54) is 6.42 Å². The molecule has 1 rings (SSSR count). The van der Waals surface area contributed by atoms with Gasteiger partial charge in [-0.3, -0.25) is 4.79 Å². The van der Waals surface area contributed by atoms with E-state index in [1.807, 2.05) is 0 Å². The summed E-state index contributed by atoms with van der Waals surface area (Å²) in [5.41, 5.74) is 0. The molecule has 78 valence electrons. The highest BCUT2D eigenvalue weighted by Gasteiger charge is 2.22. The lowest BCUT2D eigenvalue weighted by Gasteiger charge is -2.17. The molecule has 0 saturated carbocycles. The fourth-order valence-electron chi connectivity index (χ4n) is 1.93. The lowest BCUT2D eigenvalue weighted by atomic mass is 9.89. The van der Waals surface area contributed by atoms with Crippen molar-refractivity contribution in [1.82, 2.24) is 5.23 Å². The molecule has 0 aromatic carbocycles. The first-order valence-electron chi connectivity index (χ1n) is 5.14. The summed E-state index contributed by atoms with van der Waals surface area (Å²) in [6.07, 6.45) is 6.40. The van der Waals surface area contributed by atoms with Crippen LogP contribution in [0.15, 0.2) is 12.2 Å². The van der Waals surface area contributed by atoms with Gasteiger partial charge in [0, 0.05) is 6.42 Å². The predicted molar refractivity (Wildman–Crippen MR) is 69.5 cm³/mol. The van der Waals surface area contributed by atoms with Crippen molar-refractivity contribution in [2.24, 2.45) is 17.8 Å². The van der Waals surface area contributed by atoms with Crippen molar-refractivity contribution in [3.8, 4) is 0 Å². The van der Waals surface area contributed by atoms with Crippen LogP contribution < -0.4 is 5.23 Å². The first-order chi connectivity index (χ1) is 6.63. The minimum atomic E-state index is 0.180. The molecule has 0 fully saturated rings. The third-order valence-electron chi connectivity index (χ3n) is 2.83. The van der Waals surface area contributed by atoms with Gasteiger partial charge in [0.05, 0.1) is 0 Å². The monoisotopic (exact) mass is 305 g/mol. The summed E-state index contributed by atoms with van der Waals surface area (Å²) in [4.78, 5) is 11.4. The first kappa shape index (κ1) is 12.1. The highest BCUT2D eigenvalue weighted by atomic mass is 127. The number of amides is 1. The molecule has 3 atom stereocenters. The molecule has 2 nitrogen and oxygen atoms in total. The Hall–Kier alpha value is 0.00494. The summed E-state index contributed by atoms with van der Waals surface area (Å²) in [5, 5.41) is 3.54. The molecule has 1 aliphatic carbocycles. The van der Waals surface area contributed by atoms with Crippen molar-refractivity contribution in [1.29, 1.82) is 0 Å². The fourth-order valence-corrected chi connectivity index (χ4v) is 2.36. The SMILES string of the molecule is CC1C=CC(C(C)CC(=O)NBI)C1. The van der Waals surface area contributed by atoms with Gasteiger partial charge < -0.3 is 5.23 Å². The maximum Gasteiger partial charge on any atom is 0.309 e. The Balaban J connectivity index is 2.31. The third-order valence-corrected chi connectivity index (χ3v) is 3.21. The number of carbonyl (C=O) groups excluding carboxylic acids is 1. The zero-order valence-corrected chi connectivity index (χ0v) is 11.0. The average molecular weight is 305 g/mol. The van der Waals surface area contributed by atoms with Gasteiger partial charge in [-0.2, -0.15) is 0 Å². The quantitative estimate of drug-likeness (QED) is 0.481. The second kappa shape index (κ2) is 5.78. The van der Waals surface area contributed by atoms with Gasteiger partial charge in [-0.25, -0.2) is 0 Å². The minimum absolute atomic E-state index is 0.180. The topological polar surface area (TPSA) is 29.1 Å². The molecule has 0 spiro atoms. The third kappa shape index (κ3) is 3.63. The molecule has 0 aromatic rings. The van der Waals surface area contributed by atoms with Gasteiger partial charge in [-0.1, -0.05) is 26.0 Å². The van der Waals surface area contributed by atoms with Crippen LogP contribution in [0, 0.1) is 17.8 Å². The van der Waals surface area contributed by atoms with Gasteiger partial charge in [0.1, 0.15) is 0 Å². The van der Waals surface area contributed by atoms with Gasteiger partial charge in [0.25, 0.3) is 0 Å². The smallest absolute Gasteiger partial charge is 0.309 e. The van der Waals surface area contributed by atoms with Gasteiger partial charge in [0.15, 0.2) is 0 Å². The lowest BCUT2D eigenvalue weighted by Crippen LogP contribution is -2.27. The van der Waals surface area contributed by atoms with E-state index in [0.717, 1.165) is 0 Å². The van der Waals surface area contributed by atoms with Crippen LogP contribution in [0.2, 0.25) is 0 Å². The summed E-state index contributed by atoms with van der Waals surface area (Å²) < 4.78 is 0. The zero-order valence-electron chi connectivity index (χ0n) is 8.79. The van der Waals surface area contributed by atoms with Crippen LogP contribution in [0.4, 0.5) is 0 Å². The van der Waals surface area contributed by atoms with Crippen molar-refractivity contribution in [3.63, 3.8) is 0 Å². The van der Waals surface area contributed by atoms with Crippen molar-refractivity contribution in [3.05, 3.63) is 12.2 Å². The molecule has 0 heterocycles. The number of nitrogens with one attached hydrogen (secondary N) is 1. The molecule has 4 heteroatoms. The minimum Gasteiger partial charge on any atom is -0.393 e. The molecule has 1 amide bonds. The zero-order chi connectivity index (χ0) is 10.6.